The Bertz CT molecular complexity index is 644. The van der Waals surface area contributed by atoms with E-state index in [2.05, 4.69) is 20.2 Å². The van der Waals surface area contributed by atoms with Gasteiger partial charge < -0.3 is 20.7 Å². The zero-order chi connectivity index (χ0) is 20.1. The molecule has 156 valence electrons. The lowest BCUT2D eigenvalue weighted by atomic mass is 9.88. The summed E-state index contributed by atoms with van der Waals surface area (Å²) >= 11 is 0. The van der Waals surface area contributed by atoms with Crippen molar-refractivity contribution in [2.75, 3.05) is 25.4 Å². The third-order valence-electron chi connectivity index (χ3n) is 6.13. The number of aryl methyl sites for hydroxylation is 2. The standard InChI is InChI=1S/C21H35N5O2/c1-14-19(22)15(2)24-21(23-14)28-16(3)20(27)25-18-9-11-26(12-10-18)13-17-7-5-4-6-8-17/h16-18H,4-13,22H2,1-3H3,(H,25,27). The summed E-state index contributed by atoms with van der Waals surface area (Å²) in [4.78, 5) is 23.5. The number of aromatic nitrogens is 2. The van der Waals surface area contributed by atoms with E-state index in [-0.39, 0.29) is 18.0 Å². The summed E-state index contributed by atoms with van der Waals surface area (Å²) in [7, 11) is 0. The Morgan fingerprint density at radius 3 is 2.36 bits per heavy atom. The molecule has 1 aliphatic carbocycles. The number of carbonyl (C=O) groups is 1. The van der Waals surface area contributed by atoms with Crippen LogP contribution in [-0.2, 0) is 4.79 Å². The van der Waals surface area contributed by atoms with Crippen LogP contribution in [0.25, 0.3) is 0 Å². The minimum atomic E-state index is -0.636. The maximum Gasteiger partial charge on any atom is 0.317 e. The second-order valence-electron chi connectivity index (χ2n) is 8.44. The first-order valence-corrected chi connectivity index (χ1v) is 10.7. The molecular formula is C21H35N5O2. The van der Waals surface area contributed by atoms with E-state index in [1.807, 2.05) is 13.8 Å². The second-order valence-corrected chi connectivity index (χ2v) is 8.44. The molecule has 1 saturated carbocycles. The summed E-state index contributed by atoms with van der Waals surface area (Å²) in [6.07, 6.45) is 8.34. The molecule has 7 nitrogen and oxygen atoms in total. The van der Waals surface area contributed by atoms with Gasteiger partial charge in [-0.05, 0) is 52.4 Å². The van der Waals surface area contributed by atoms with E-state index in [1.165, 1.54) is 38.6 Å². The number of carbonyl (C=O) groups excluding carboxylic acids is 1. The van der Waals surface area contributed by atoms with Crippen LogP contribution >= 0.6 is 0 Å². The summed E-state index contributed by atoms with van der Waals surface area (Å²) in [5.41, 5.74) is 7.77. The van der Waals surface area contributed by atoms with Crippen molar-refractivity contribution in [1.29, 1.82) is 0 Å². The van der Waals surface area contributed by atoms with Gasteiger partial charge in [0.1, 0.15) is 0 Å². The van der Waals surface area contributed by atoms with Crippen LogP contribution in [0.1, 0.15) is 63.3 Å². The van der Waals surface area contributed by atoms with E-state index in [9.17, 15) is 4.79 Å². The van der Waals surface area contributed by atoms with E-state index in [4.69, 9.17) is 10.5 Å². The molecule has 0 bridgehead atoms. The van der Waals surface area contributed by atoms with Gasteiger partial charge in [-0.25, -0.2) is 0 Å². The van der Waals surface area contributed by atoms with Gasteiger partial charge in [-0.1, -0.05) is 19.3 Å². The minimum Gasteiger partial charge on any atom is -0.450 e. The number of nitrogens with two attached hydrogens (primary N) is 1. The Kier molecular flexibility index (Phi) is 7.10. The van der Waals surface area contributed by atoms with Crippen LogP contribution in [-0.4, -0.2) is 52.6 Å². The third kappa shape index (κ3) is 5.56. The van der Waals surface area contributed by atoms with Crippen LogP contribution in [0, 0.1) is 19.8 Å². The Morgan fingerprint density at radius 2 is 1.75 bits per heavy atom. The van der Waals surface area contributed by atoms with Crippen LogP contribution in [0.4, 0.5) is 5.69 Å². The summed E-state index contributed by atoms with van der Waals surface area (Å²) in [6, 6.07) is 0.422. The third-order valence-corrected chi connectivity index (χ3v) is 6.13. The lowest BCUT2D eigenvalue weighted by molar-refractivity contribution is -0.128. The molecule has 2 fully saturated rings. The van der Waals surface area contributed by atoms with Gasteiger partial charge in [-0.2, -0.15) is 9.97 Å². The molecule has 0 aromatic carbocycles. The average Bonchev–Trinajstić information content (AvgIpc) is 2.68. The van der Waals surface area contributed by atoms with E-state index < -0.39 is 6.10 Å². The maximum atomic E-state index is 12.5. The van der Waals surface area contributed by atoms with E-state index >= 15 is 0 Å². The summed E-state index contributed by atoms with van der Waals surface area (Å²) < 4.78 is 5.66. The lowest BCUT2D eigenvalue weighted by Crippen LogP contribution is -2.48. The fraction of sp³-hybridized carbons (Fsp3) is 0.762. The first-order valence-electron chi connectivity index (χ1n) is 10.7. The number of nitrogens with zero attached hydrogens (tertiary/aromatic N) is 3. The van der Waals surface area contributed by atoms with Gasteiger partial charge in [-0.15, -0.1) is 0 Å². The Morgan fingerprint density at radius 1 is 1.14 bits per heavy atom. The fourth-order valence-electron chi connectivity index (χ4n) is 4.27. The van der Waals surface area contributed by atoms with Crippen LogP contribution in [0.2, 0.25) is 0 Å². The molecule has 0 spiro atoms. The molecule has 28 heavy (non-hydrogen) atoms. The van der Waals surface area contributed by atoms with Gasteiger partial charge in [0.15, 0.2) is 6.10 Å². The highest BCUT2D eigenvalue weighted by atomic mass is 16.5. The van der Waals surface area contributed by atoms with Gasteiger partial charge >= 0.3 is 6.01 Å². The van der Waals surface area contributed by atoms with Crippen molar-refractivity contribution in [1.82, 2.24) is 20.2 Å². The van der Waals surface area contributed by atoms with E-state index in [1.54, 1.807) is 6.92 Å². The Hall–Kier alpha value is -1.89. The van der Waals surface area contributed by atoms with Crippen molar-refractivity contribution in [3.63, 3.8) is 0 Å². The first kappa shape index (κ1) is 20.8. The molecule has 1 saturated heterocycles. The topological polar surface area (TPSA) is 93.4 Å². The number of anilines is 1. The number of nitrogen functional groups attached to an aromatic ring is 1. The Labute approximate surface area is 168 Å². The molecule has 1 aliphatic heterocycles. The largest absolute Gasteiger partial charge is 0.450 e. The van der Waals surface area contributed by atoms with Gasteiger partial charge in [0.25, 0.3) is 5.91 Å². The molecule has 1 unspecified atom stereocenters. The molecule has 1 aromatic heterocycles. The molecule has 1 amide bonds. The fourth-order valence-corrected chi connectivity index (χ4v) is 4.27. The molecule has 3 rings (SSSR count). The van der Waals surface area contributed by atoms with Crippen LogP contribution < -0.4 is 15.8 Å². The minimum absolute atomic E-state index is 0.110. The van der Waals surface area contributed by atoms with E-state index in [0.717, 1.165) is 31.8 Å². The Balaban J connectivity index is 1.42. The van der Waals surface area contributed by atoms with Crippen molar-refractivity contribution >= 4 is 11.6 Å². The van der Waals surface area contributed by atoms with Crippen molar-refractivity contribution in [3.8, 4) is 6.01 Å². The average molecular weight is 390 g/mol. The van der Waals surface area contributed by atoms with Gasteiger partial charge in [0.2, 0.25) is 0 Å². The molecule has 2 heterocycles. The van der Waals surface area contributed by atoms with Crippen molar-refractivity contribution < 1.29 is 9.53 Å². The highest BCUT2D eigenvalue weighted by molar-refractivity contribution is 5.80. The number of ether oxygens (including phenoxy) is 1. The predicted molar refractivity (Wildman–Crippen MR) is 110 cm³/mol. The molecule has 1 atom stereocenters. The highest BCUT2D eigenvalue weighted by Crippen LogP contribution is 2.25. The number of likely N-dealkylation sites (tertiary alicyclic amines) is 1. The first-order chi connectivity index (χ1) is 13.4. The maximum absolute atomic E-state index is 12.5. The zero-order valence-electron chi connectivity index (χ0n) is 17.5. The molecule has 3 N–H and O–H groups in total. The number of rotatable bonds is 6. The van der Waals surface area contributed by atoms with Gasteiger partial charge in [0, 0.05) is 25.7 Å². The number of amides is 1. The molecule has 7 heteroatoms. The summed E-state index contributed by atoms with van der Waals surface area (Å²) in [5, 5.41) is 3.13. The normalized spacial score (nSPS) is 20.7. The molecule has 0 radical (unpaired) electrons. The SMILES string of the molecule is Cc1nc(OC(C)C(=O)NC2CCN(CC3CCCCC3)CC2)nc(C)c1N. The van der Waals surface area contributed by atoms with Crippen LogP contribution in [0.3, 0.4) is 0 Å². The quantitative estimate of drug-likeness (QED) is 0.777. The monoisotopic (exact) mass is 389 g/mol. The van der Waals surface area contributed by atoms with Crippen LogP contribution in [0.5, 0.6) is 6.01 Å². The number of hydrogen-bond acceptors (Lipinski definition) is 6. The predicted octanol–water partition coefficient (Wildman–Crippen LogP) is 2.60. The second kappa shape index (κ2) is 9.54. The molecular weight excluding hydrogens is 354 g/mol. The number of nitrogens with one attached hydrogen (secondary N) is 1. The van der Waals surface area contributed by atoms with Crippen molar-refractivity contribution in [3.05, 3.63) is 11.4 Å². The van der Waals surface area contributed by atoms with Gasteiger partial charge in [0.05, 0.1) is 17.1 Å². The molecule has 2 aliphatic rings. The lowest BCUT2D eigenvalue weighted by Gasteiger charge is -2.35. The van der Waals surface area contributed by atoms with Gasteiger partial charge in [-0.3, -0.25) is 4.79 Å². The molecule has 1 aromatic rings. The smallest absolute Gasteiger partial charge is 0.317 e. The highest BCUT2D eigenvalue weighted by Gasteiger charge is 2.26. The van der Waals surface area contributed by atoms with Crippen molar-refractivity contribution in [2.45, 2.75) is 77.9 Å². The van der Waals surface area contributed by atoms with E-state index in [0.29, 0.717) is 17.1 Å². The number of piperidine rings is 1. The van der Waals surface area contributed by atoms with Crippen molar-refractivity contribution in [2.24, 2.45) is 5.92 Å². The van der Waals surface area contributed by atoms with Crippen LogP contribution in [0.15, 0.2) is 0 Å². The summed E-state index contributed by atoms with van der Waals surface area (Å²) in [6.45, 7) is 8.71. The number of hydrogen-bond donors (Lipinski definition) is 2. The summed E-state index contributed by atoms with van der Waals surface area (Å²) in [5.74, 6) is 0.765. The zero-order valence-corrected chi connectivity index (χ0v) is 17.5.